The minimum absolute atomic E-state index is 0.175. The molecule has 3 rings (SSSR count). The quantitative estimate of drug-likeness (QED) is 0.415. The van der Waals surface area contributed by atoms with Crippen LogP contribution in [0.5, 0.6) is 0 Å². The van der Waals surface area contributed by atoms with Crippen molar-refractivity contribution < 1.29 is 19.6 Å². The highest BCUT2D eigenvalue weighted by atomic mass is 16.5. The Hall–Kier alpha value is -3.19. The van der Waals surface area contributed by atoms with Crippen LogP contribution in [0.1, 0.15) is 46.4 Å². The van der Waals surface area contributed by atoms with Gasteiger partial charge >= 0.3 is 0 Å². The van der Waals surface area contributed by atoms with E-state index >= 15 is 0 Å². The molecule has 0 saturated heterocycles. The van der Waals surface area contributed by atoms with Gasteiger partial charge in [0.2, 0.25) is 5.91 Å². The molecule has 2 aromatic rings. The number of fused-ring (bicyclic) bond motifs is 2. The molecule has 3 N–H and O–H groups in total. The van der Waals surface area contributed by atoms with Gasteiger partial charge in [-0.2, -0.15) is 0 Å². The number of hydroxylamine groups is 1. The molecule has 0 aliphatic carbocycles. The lowest BCUT2D eigenvalue weighted by molar-refractivity contribution is -0.129. The van der Waals surface area contributed by atoms with Gasteiger partial charge in [0.1, 0.15) is 0 Å². The SMILES string of the molecule is O=C(CCCCCN1C(=O)c2ccccc2NC(=O)c2ccccc21)NO. The molecule has 140 valence electrons. The summed E-state index contributed by atoms with van der Waals surface area (Å²) in [4.78, 5) is 38.5. The fourth-order valence-corrected chi connectivity index (χ4v) is 3.13. The maximum atomic E-state index is 13.2. The van der Waals surface area contributed by atoms with Gasteiger partial charge in [-0.15, -0.1) is 0 Å². The van der Waals surface area contributed by atoms with Gasteiger partial charge in [-0.1, -0.05) is 30.7 Å². The Balaban J connectivity index is 1.83. The summed E-state index contributed by atoms with van der Waals surface area (Å²) in [6.45, 7) is 0.429. The number of benzene rings is 2. The number of anilines is 2. The second kappa shape index (κ2) is 8.46. The van der Waals surface area contributed by atoms with E-state index < -0.39 is 5.91 Å². The Bertz CT molecular complexity index is 866. The number of amides is 3. The summed E-state index contributed by atoms with van der Waals surface area (Å²) in [7, 11) is 0. The number of carbonyl (C=O) groups is 3. The van der Waals surface area contributed by atoms with Crippen LogP contribution in [0, 0.1) is 0 Å². The van der Waals surface area contributed by atoms with Crippen molar-refractivity contribution >= 4 is 29.1 Å². The van der Waals surface area contributed by atoms with Gasteiger partial charge in [0.05, 0.1) is 22.5 Å². The van der Waals surface area contributed by atoms with Crippen molar-refractivity contribution in [2.75, 3.05) is 16.8 Å². The van der Waals surface area contributed by atoms with Crippen molar-refractivity contribution in [2.24, 2.45) is 0 Å². The Labute approximate surface area is 156 Å². The van der Waals surface area contributed by atoms with Gasteiger partial charge in [-0.3, -0.25) is 19.6 Å². The molecule has 0 saturated carbocycles. The van der Waals surface area contributed by atoms with E-state index in [4.69, 9.17) is 5.21 Å². The van der Waals surface area contributed by atoms with Gasteiger partial charge in [0.25, 0.3) is 11.8 Å². The second-order valence-electron chi connectivity index (χ2n) is 6.32. The first-order valence-corrected chi connectivity index (χ1v) is 8.86. The van der Waals surface area contributed by atoms with Gasteiger partial charge in [-0.05, 0) is 37.1 Å². The molecule has 7 nitrogen and oxygen atoms in total. The molecule has 3 amide bonds. The third kappa shape index (κ3) is 4.15. The predicted octanol–water partition coefficient (Wildman–Crippen LogP) is 2.96. The van der Waals surface area contributed by atoms with E-state index in [0.717, 1.165) is 0 Å². The van der Waals surface area contributed by atoms with Crippen LogP contribution in [0.25, 0.3) is 0 Å². The number of para-hydroxylation sites is 2. The van der Waals surface area contributed by atoms with E-state index in [0.29, 0.717) is 48.3 Å². The summed E-state index contributed by atoms with van der Waals surface area (Å²) < 4.78 is 0. The summed E-state index contributed by atoms with van der Waals surface area (Å²) in [5, 5.41) is 11.3. The number of nitrogens with one attached hydrogen (secondary N) is 2. The number of carbonyl (C=O) groups excluding carboxylic acids is 3. The van der Waals surface area contributed by atoms with Crippen LogP contribution < -0.4 is 15.7 Å². The van der Waals surface area contributed by atoms with E-state index in [9.17, 15) is 14.4 Å². The van der Waals surface area contributed by atoms with Crippen LogP contribution in [0.4, 0.5) is 11.4 Å². The molecular formula is C20H21N3O4. The summed E-state index contributed by atoms with van der Waals surface area (Å²) in [6, 6.07) is 14.0. The highest BCUT2D eigenvalue weighted by molar-refractivity contribution is 6.19. The lowest BCUT2D eigenvalue weighted by atomic mass is 10.0. The predicted molar refractivity (Wildman–Crippen MR) is 101 cm³/mol. The molecule has 0 radical (unpaired) electrons. The zero-order valence-corrected chi connectivity index (χ0v) is 14.8. The standard InChI is InChI=1S/C20H21N3O4/c24-18(22-27)12-2-1-7-13-23-17-11-6-4-9-15(17)19(25)21-16-10-5-3-8-14(16)20(23)26/h3-6,8-11,27H,1-2,7,12-13H2,(H,21,25)(H,22,24). The van der Waals surface area contributed by atoms with Crippen LogP contribution in [0.3, 0.4) is 0 Å². The molecule has 0 fully saturated rings. The summed E-state index contributed by atoms with van der Waals surface area (Å²) >= 11 is 0. The molecule has 7 heteroatoms. The van der Waals surface area contributed by atoms with E-state index in [2.05, 4.69) is 5.32 Å². The zero-order valence-electron chi connectivity index (χ0n) is 14.8. The van der Waals surface area contributed by atoms with Crippen LogP contribution in [0.15, 0.2) is 48.5 Å². The molecule has 0 unspecified atom stereocenters. The smallest absolute Gasteiger partial charge is 0.260 e. The maximum absolute atomic E-state index is 13.2. The van der Waals surface area contributed by atoms with Gasteiger partial charge in [-0.25, -0.2) is 5.48 Å². The van der Waals surface area contributed by atoms with Crippen LogP contribution >= 0.6 is 0 Å². The first kappa shape index (κ1) is 18.6. The number of hydrogen-bond donors (Lipinski definition) is 3. The lowest BCUT2D eigenvalue weighted by Crippen LogP contribution is -2.36. The fraction of sp³-hybridized carbons (Fsp3) is 0.250. The van der Waals surface area contributed by atoms with Crippen molar-refractivity contribution in [1.29, 1.82) is 0 Å². The molecule has 1 aliphatic heterocycles. The molecule has 0 bridgehead atoms. The van der Waals surface area contributed by atoms with Crippen molar-refractivity contribution in [3.05, 3.63) is 59.7 Å². The Kier molecular flexibility index (Phi) is 5.83. The van der Waals surface area contributed by atoms with E-state index in [1.807, 2.05) is 0 Å². The number of nitrogens with zero attached hydrogens (tertiary/aromatic N) is 1. The average Bonchev–Trinajstić information content (AvgIpc) is 2.69. The van der Waals surface area contributed by atoms with Gasteiger partial charge < -0.3 is 10.2 Å². The van der Waals surface area contributed by atoms with Crippen LogP contribution in [-0.2, 0) is 4.79 Å². The van der Waals surface area contributed by atoms with E-state index in [1.54, 1.807) is 58.9 Å². The highest BCUT2D eigenvalue weighted by Gasteiger charge is 2.27. The third-order valence-electron chi connectivity index (χ3n) is 4.50. The van der Waals surface area contributed by atoms with Crippen molar-refractivity contribution in [3.8, 4) is 0 Å². The average molecular weight is 367 g/mol. The van der Waals surface area contributed by atoms with Gasteiger partial charge in [0, 0.05) is 13.0 Å². The first-order chi connectivity index (χ1) is 13.1. The van der Waals surface area contributed by atoms with E-state index in [1.165, 1.54) is 0 Å². The maximum Gasteiger partial charge on any atom is 0.260 e. The molecule has 0 spiro atoms. The monoisotopic (exact) mass is 367 g/mol. The fourth-order valence-electron chi connectivity index (χ4n) is 3.13. The lowest BCUT2D eigenvalue weighted by Gasteiger charge is -2.28. The number of rotatable bonds is 6. The van der Waals surface area contributed by atoms with Crippen LogP contribution in [0.2, 0.25) is 0 Å². The second-order valence-corrected chi connectivity index (χ2v) is 6.32. The minimum atomic E-state index is -0.423. The Morgan fingerprint density at radius 1 is 0.963 bits per heavy atom. The highest BCUT2D eigenvalue weighted by Crippen LogP contribution is 2.29. The Morgan fingerprint density at radius 2 is 1.67 bits per heavy atom. The van der Waals surface area contributed by atoms with Crippen molar-refractivity contribution in [2.45, 2.75) is 25.7 Å². The molecule has 0 aromatic heterocycles. The van der Waals surface area contributed by atoms with Gasteiger partial charge in [0.15, 0.2) is 0 Å². The third-order valence-corrected chi connectivity index (χ3v) is 4.50. The molecule has 2 aromatic carbocycles. The molecule has 1 aliphatic rings. The van der Waals surface area contributed by atoms with Crippen molar-refractivity contribution in [3.63, 3.8) is 0 Å². The summed E-state index contributed by atoms with van der Waals surface area (Å²) in [5.74, 6) is -0.852. The summed E-state index contributed by atoms with van der Waals surface area (Å²) in [6.07, 6.45) is 2.22. The Morgan fingerprint density at radius 3 is 2.44 bits per heavy atom. The molecule has 0 atom stereocenters. The molecule has 27 heavy (non-hydrogen) atoms. The number of hydrogen-bond acceptors (Lipinski definition) is 4. The topological polar surface area (TPSA) is 98.7 Å². The molecule has 1 heterocycles. The van der Waals surface area contributed by atoms with Crippen molar-refractivity contribution in [1.82, 2.24) is 5.48 Å². The number of unbranched alkanes of at least 4 members (excludes halogenated alkanes) is 2. The summed E-state index contributed by atoms with van der Waals surface area (Å²) in [5.41, 5.74) is 3.56. The first-order valence-electron chi connectivity index (χ1n) is 8.86. The zero-order chi connectivity index (χ0) is 19.2. The largest absolute Gasteiger partial charge is 0.321 e. The molecular weight excluding hydrogens is 346 g/mol. The van der Waals surface area contributed by atoms with Crippen LogP contribution in [-0.4, -0.2) is 29.5 Å². The minimum Gasteiger partial charge on any atom is -0.321 e. The van der Waals surface area contributed by atoms with E-state index in [-0.39, 0.29) is 18.2 Å². The normalized spacial score (nSPS) is 13.1.